The van der Waals surface area contributed by atoms with Crippen LogP contribution in [0, 0.1) is 5.92 Å². The van der Waals surface area contributed by atoms with Gasteiger partial charge in [0.2, 0.25) is 11.8 Å². The second kappa shape index (κ2) is 7.84. The molecule has 0 fully saturated rings. The molecule has 0 atom stereocenters. The van der Waals surface area contributed by atoms with Crippen molar-refractivity contribution < 1.29 is 9.59 Å². The standard InChI is InChI=1S/C14H20N2O2S/c1-10(2)8-13(17)15-11-4-6-12(7-5-11)16-14(18)9-19-3/h4-7,10H,8-9H2,1-3H3,(H,15,17)(H,16,18). The van der Waals surface area contributed by atoms with E-state index in [-0.39, 0.29) is 11.8 Å². The molecule has 0 aliphatic carbocycles. The molecule has 5 heteroatoms. The summed E-state index contributed by atoms with van der Waals surface area (Å²) in [6.07, 6.45) is 2.39. The molecule has 0 spiro atoms. The zero-order valence-electron chi connectivity index (χ0n) is 11.5. The van der Waals surface area contributed by atoms with Crippen molar-refractivity contribution >= 4 is 35.0 Å². The van der Waals surface area contributed by atoms with Gasteiger partial charge in [0.1, 0.15) is 0 Å². The summed E-state index contributed by atoms with van der Waals surface area (Å²) in [5, 5.41) is 5.61. The summed E-state index contributed by atoms with van der Waals surface area (Å²) < 4.78 is 0. The predicted octanol–water partition coefficient (Wildman–Crippen LogP) is 2.97. The van der Waals surface area contributed by atoms with Gasteiger partial charge in [0.05, 0.1) is 5.75 Å². The quantitative estimate of drug-likeness (QED) is 0.842. The summed E-state index contributed by atoms with van der Waals surface area (Å²) in [6, 6.07) is 7.13. The Morgan fingerprint density at radius 2 is 1.53 bits per heavy atom. The lowest BCUT2D eigenvalue weighted by Gasteiger charge is -2.08. The Morgan fingerprint density at radius 1 is 1.05 bits per heavy atom. The fourth-order valence-corrected chi connectivity index (χ4v) is 1.88. The second-order valence-electron chi connectivity index (χ2n) is 4.70. The van der Waals surface area contributed by atoms with E-state index >= 15 is 0 Å². The van der Waals surface area contributed by atoms with Crippen LogP contribution in [0.25, 0.3) is 0 Å². The van der Waals surface area contributed by atoms with E-state index in [4.69, 9.17) is 0 Å². The number of amides is 2. The van der Waals surface area contributed by atoms with Crippen LogP contribution in [0.15, 0.2) is 24.3 Å². The molecule has 0 aliphatic heterocycles. The zero-order chi connectivity index (χ0) is 14.3. The molecule has 4 nitrogen and oxygen atoms in total. The van der Waals surface area contributed by atoms with Gasteiger partial charge in [-0.15, -0.1) is 0 Å². The third-order valence-corrected chi connectivity index (χ3v) is 2.87. The average molecular weight is 280 g/mol. The van der Waals surface area contributed by atoms with Gasteiger partial charge in [0.15, 0.2) is 0 Å². The molecule has 0 aromatic heterocycles. The molecule has 0 heterocycles. The molecule has 2 amide bonds. The van der Waals surface area contributed by atoms with Crippen LogP contribution in [0.3, 0.4) is 0 Å². The Morgan fingerprint density at radius 3 is 1.95 bits per heavy atom. The fourth-order valence-electron chi connectivity index (χ4n) is 1.55. The first kappa shape index (κ1) is 15.6. The fraction of sp³-hybridized carbons (Fsp3) is 0.429. The third kappa shape index (κ3) is 6.29. The number of carbonyl (C=O) groups excluding carboxylic acids is 2. The van der Waals surface area contributed by atoms with Crippen molar-refractivity contribution in [2.75, 3.05) is 22.6 Å². The third-order valence-electron chi connectivity index (χ3n) is 2.32. The van der Waals surface area contributed by atoms with E-state index in [1.165, 1.54) is 11.8 Å². The largest absolute Gasteiger partial charge is 0.326 e. The van der Waals surface area contributed by atoms with Gasteiger partial charge < -0.3 is 10.6 Å². The van der Waals surface area contributed by atoms with Crippen LogP contribution in [0.1, 0.15) is 20.3 Å². The highest BCUT2D eigenvalue weighted by Gasteiger charge is 2.05. The molecule has 0 saturated heterocycles. The molecule has 1 rings (SSSR count). The van der Waals surface area contributed by atoms with Crippen molar-refractivity contribution in [3.8, 4) is 0 Å². The minimum absolute atomic E-state index is 0.00849. The van der Waals surface area contributed by atoms with Gasteiger partial charge in [-0.1, -0.05) is 13.8 Å². The first-order valence-corrected chi connectivity index (χ1v) is 7.59. The van der Waals surface area contributed by atoms with Crippen molar-refractivity contribution in [1.82, 2.24) is 0 Å². The molecule has 0 bridgehead atoms. The van der Waals surface area contributed by atoms with Gasteiger partial charge in [0.25, 0.3) is 0 Å². The molecule has 0 aliphatic rings. The molecular weight excluding hydrogens is 260 g/mol. The van der Waals surface area contributed by atoms with Crippen molar-refractivity contribution in [3.63, 3.8) is 0 Å². The van der Waals surface area contributed by atoms with E-state index in [9.17, 15) is 9.59 Å². The molecular formula is C14H20N2O2S. The summed E-state index contributed by atoms with van der Waals surface area (Å²) in [4.78, 5) is 23.0. The van der Waals surface area contributed by atoms with Crippen LogP contribution in [0.4, 0.5) is 11.4 Å². The lowest BCUT2D eigenvalue weighted by Crippen LogP contribution is -2.15. The summed E-state index contributed by atoms with van der Waals surface area (Å²) in [5.41, 5.74) is 1.48. The SMILES string of the molecule is CSCC(=O)Nc1ccc(NC(=O)CC(C)C)cc1. The van der Waals surface area contributed by atoms with Gasteiger partial charge in [-0.3, -0.25) is 9.59 Å². The Bertz CT molecular complexity index is 430. The Balaban J connectivity index is 2.52. The van der Waals surface area contributed by atoms with E-state index in [0.717, 1.165) is 11.4 Å². The normalized spacial score (nSPS) is 10.3. The molecule has 0 saturated carbocycles. The highest BCUT2D eigenvalue weighted by molar-refractivity contribution is 7.99. The van der Waals surface area contributed by atoms with Crippen LogP contribution >= 0.6 is 11.8 Å². The van der Waals surface area contributed by atoms with Crippen LogP contribution in [-0.4, -0.2) is 23.8 Å². The minimum Gasteiger partial charge on any atom is -0.326 e. The first-order valence-electron chi connectivity index (χ1n) is 6.20. The van der Waals surface area contributed by atoms with E-state index in [0.29, 0.717) is 18.1 Å². The number of carbonyl (C=O) groups is 2. The average Bonchev–Trinajstić information content (AvgIpc) is 2.31. The Hall–Kier alpha value is -1.49. The maximum absolute atomic E-state index is 11.6. The number of benzene rings is 1. The highest BCUT2D eigenvalue weighted by atomic mass is 32.2. The molecule has 1 aromatic rings. The second-order valence-corrected chi connectivity index (χ2v) is 5.57. The lowest BCUT2D eigenvalue weighted by molar-refractivity contribution is -0.117. The number of hydrogen-bond acceptors (Lipinski definition) is 3. The van der Waals surface area contributed by atoms with E-state index in [1.807, 2.05) is 20.1 Å². The van der Waals surface area contributed by atoms with Gasteiger partial charge in [0, 0.05) is 17.8 Å². The van der Waals surface area contributed by atoms with Crippen LogP contribution in [0.2, 0.25) is 0 Å². The molecule has 104 valence electrons. The Kier molecular flexibility index (Phi) is 6.42. The van der Waals surface area contributed by atoms with Crippen molar-refractivity contribution in [3.05, 3.63) is 24.3 Å². The number of anilines is 2. The summed E-state index contributed by atoms with van der Waals surface area (Å²) in [7, 11) is 0. The smallest absolute Gasteiger partial charge is 0.234 e. The number of hydrogen-bond donors (Lipinski definition) is 2. The molecule has 0 radical (unpaired) electrons. The van der Waals surface area contributed by atoms with Gasteiger partial charge in [-0.2, -0.15) is 11.8 Å². The monoisotopic (exact) mass is 280 g/mol. The van der Waals surface area contributed by atoms with Crippen LogP contribution < -0.4 is 10.6 Å². The maximum Gasteiger partial charge on any atom is 0.234 e. The number of rotatable bonds is 6. The highest BCUT2D eigenvalue weighted by Crippen LogP contribution is 2.14. The van der Waals surface area contributed by atoms with E-state index in [2.05, 4.69) is 10.6 Å². The molecule has 19 heavy (non-hydrogen) atoms. The number of thioether (sulfide) groups is 1. The molecule has 0 unspecified atom stereocenters. The summed E-state index contributed by atoms with van der Waals surface area (Å²) >= 11 is 1.48. The van der Waals surface area contributed by atoms with Crippen LogP contribution in [0.5, 0.6) is 0 Å². The van der Waals surface area contributed by atoms with Gasteiger partial charge in [-0.05, 0) is 36.4 Å². The topological polar surface area (TPSA) is 58.2 Å². The first-order chi connectivity index (χ1) is 9.01. The van der Waals surface area contributed by atoms with Crippen molar-refractivity contribution in [2.24, 2.45) is 5.92 Å². The van der Waals surface area contributed by atoms with E-state index < -0.39 is 0 Å². The molecule has 2 N–H and O–H groups in total. The summed E-state index contributed by atoms with van der Waals surface area (Å²) in [6.45, 7) is 4.01. The maximum atomic E-state index is 11.6. The predicted molar refractivity (Wildman–Crippen MR) is 81.5 cm³/mol. The van der Waals surface area contributed by atoms with Gasteiger partial charge >= 0.3 is 0 Å². The van der Waals surface area contributed by atoms with Crippen molar-refractivity contribution in [2.45, 2.75) is 20.3 Å². The van der Waals surface area contributed by atoms with E-state index in [1.54, 1.807) is 24.3 Å². The molecule has 1 aromatic carbocycles. The number of nitrogens with one attached hydrogen (secondary N) is 2. The van der Waals surface area contributed by atoms with Crippen LogP contribution in [-0.2, 0) is 9.59 Å². The summed E-state index contributed by atoms with van der Waals surface area (Å²) in [5.74, 6) is 0.760. The lowest BCUT2D eigenvalue weighted by atomic mass is 10.1. The Labute approximate surface area is 118 Å². The van der Waals surface area contributed by atoms with Gasteiger partial charge in [-0.25, -0.2) is 0 Å². The van der Waals surface area contributed by atoms with Crippen molar-refractivity contribution in [1.29, 1.82) is 0 Å². The zero-order valence-corrected chi connectivity index (χ0v) is 12.3. The minimum atomic E-state index is -0.0240.